The Kier molecular flexibility index (Phi) is 8.09. The van der Waals surface area contributed by atoms with Crippen LogP contribution >= 0.6 is 0 Å². The maximum atomic E-state index is 13.7. The molecule has 1 unspecified atom stereocenters. The second-order valence-corrected chi connectivity index (χ2v) is 11.5. The van der Waals surface area contributed by atoms with Crippen molar-refractivity contribution in [3.8, 4) is 6.07 Å². The second-order valence-electron chi connectivity index (χ2n) is 11.5. The molecule has 0 spiro atoms. The van der Waals surface area contributed by atoms with Gasteiger partial charge in [0.1, 0.15) is 23.8 Å². The van der Waals surface area contributed by atoms with Crippen molar-refractivity contribution in [1.82, 2.24) is 24.8 Å². The van der Waals surface area contributed by atoms with E-state index in [1.165, 1.54) is 10.1 Å². The van der Waals surface area contributed by atoms with Gasteiger partial charge in [0.15, 0.2) is 0 Å². The van der Waals surface area contributed by atoms with Gasteiger partial charge in [-0.05, 0) is 55.7 Å². The van der Waals surface area contributed by atoms with Gasteiger partial charge in [0, 0.05) is 57.1 Å². The van der Waals surface area contributed by atoms with Gasteiger partial charge >= 0.3 is 0 Å². The van der Waals surface area contributed by atoms with Crippen LogP contribution in [0.5, 0.6) is 0 Å². The number of hydrogen-bond acceptors (Lipinski definition) is 9. The Morgan fingerprint density at radius 2 is 1.84 bits per heavy atom. The minimum absolute atomic E-state index is 0.182. The van der Waals surface area contributed by atoms with E-state index in [0.29, 0.717) is 40.6 Å². The molecule has 0 saturated carbocycles. The van der Waals surface area contributed by atoms with E-state index < -0.39 is 11.9 Å². The number of pyridine rings is 1. The van der Waals surface area contributed by atoms with Gasteiger partial charge in [-0.25, -0.2) is 9.97 Å². The van der Waals surface area contributed by atoms with E-state index in [0.717, 1.165) is 37.6 Å². The number of anilines is 2. The van der Waals surface area contributed by atoms with Gasteiger partial charge in [0.2, 0.25) is 11.8 Å². The number of piperazine rings is 1. The molecule has 2 N–H and O–H groups in total. The number of benzene rings is 2. The predicted octanol–water partition coefficient (Wildman–Crippen LogP) is 3.27. The van der Waals surface area contributed by atoms with Crippen molar-refractivity contribution in [3.63, 3.8) is 0 Å². The van der Waals surface area contributed by atoms with E-state index >= 15 is 0 Å². The van der Waals surface area contributed by atoms with Crippen LogP contribution < -0.4 is 21.1 Å². The minimum Gasteiger partial charge on any atom is -0.380 e. The van der Waals surface area contributed by atoms with Crippen LogP contribution in [0.1, 0.15) is 48.3 Å². The van der Waals surface area contributed by atoms with Crippen LogP contribution in [0.3, 0.4) is 0 Å². The molecule has 2 aliphatic heterocycles. The number of hydrogen-bond donors (Lipinski definition) is 2. The highest BCUT2D eigenvalue weighted by atomic mass is 16.2. The molecule has 0 bridgehead atoms. The third-order valence-corrected chi connectivity index (χ3v) is 8.49. The molecule has 2 atom stereocenters. The molecule has 224 valence electrons. The van der Waals surface area contributed by atoms with E-state index in [9.17, 15) is 14.4 Å². The van der Waals surface area contributed by atoms with Crippen LogP contribution in [-0.4, -0.2) is 56.9 Å². The maximum Gasteiger partial charge on any atom is 0.264 e. The van der Waals surface area contributed by atoms with Crippen LogP contribution in [0.15, 0.2) is 65.6 Å². The van der Waals surface area contributed by atoms with Gasteiger partial charge < -0.3 is 10.2 Å². The van der Waals surface area contributed by atoms with Crippen LogP contribution in [0.4, 0.5) is 11.5 Å². The molecule has 6 rings (SSSR count). The Hall–Kier alpha value is -5.08. The lowest BCUT2D eigenvalue weighted by molar-refractivity contribution is -0.135. The number of fused-ring (bicyclic) bond motifs is 1. The average molecular weight is 591 g/mol. The highest BCUT2D eigenvalue weighted by molar-refractivity contribution is 5.99. The fraction of sp³-hybridized carbons (Fsp3) is 0.333. The number of nitrogens with zero attached hydrogens (tertiary/aromatic N) is 6. The summed E-state index contributed by atoms with van der Waals surface area (Å²) in [5.41, 5.74) is 3.76. The van der Waals surface area contributed by atoms with Crippen LogP contribution in [-0.2, 0) is 22.7 Å². The number of piperidine rings is 1. The lowest BCUT2D eigenvalue weighted by Gasteiger charge is -2.40. The number of nitrogens with one attached hydrogen (secondary N) is 2. The van der Waals surface area contributed by atoms with Crippen molar-refractivity contribution in [2.24, 2.45) is 0 Å². The van der Waals surface area contributed by atoms with Gasteiger partial charge in [-0.1, -0.05) is 30.3 Å². The molecule has 11 heteroatoms. The zero-order valence-electron chi connectivity index (χ0n) is 24.8. The number of nitriles is 1. The van der Waals surface area contributed by atoms with E-state index in [2.05, 4.69) is 67.7 Å². The summed E-state index contributed by atoms with van der Waals surface area (Å²) in [4.78, 5) is 51.7. The zero-order valence-corrected chi connectivity index (χ0v) is 24.8. The van der Waals surface area contributed by atoms with E-state index in [1.807, 2.05) is 24.3 Å². The van der Waals surface area contributed by atoms with E-state index in [1.54, 1.807) is 19.2 Å². The fourth-order valence-corrected chi connectivity index (χ4v) is 6.07. The first kappa shape index (κ1) is 29.0. The molecule has 11 nitrogen and oxygen atoms in total. The number of carbonyl (C=O) groups excluding carboxylic acids is 2. The van der Waals surface area contributed by atoms with Gasteiger partial charge in [-0.2, -0.15) is 5.26 Å². The number of amides is 2. The molecule has 0 radical (unpaired) electrons. The van der Waals surface area contributed by atoms with Crippen molar-refractivity contribution in [2.75, 3.05) is 29.9 Å². The highest BCUT2D eigenvalue weighted by Crippen LogP contribution is 2.24. The van der Waals surface area contributed by atoms with Crippen LogP contribution in [0.25, 0.3) is 10.9 Å². The Morgan fingerprint density at radius 3 is 2.55 bits per heavy atom. The van der Waals surface area contributed by atoms with E-state index in [-0.39, 0.29) is 24.3 Å². The van der Waals surface area contributed by atoms with Crippen molar-refractivity contribution in [1.29, 1.82) is 5.26 Å². The second kappa shape index (κ2) is 12.3. The molecule has 2 fully saturated rings. The third kappa shape index (κ3) is 5.89. The number of imide groups is 1. The summed E-state index contributed by atoms with van der Waals surface area (Å²) in [5, 5.41) is 15.2. The van der Waals surface area contributed by atoms with Gasteiger partial charge in [0.25, 0.3) is 5.56 Å². The van der Waals surface area contributed by atoms with Gasteiger partial charge in [0.05, 0.1) is 16.5 Å². The first-order valence-corrected chi connectivity index (χ1v) is 14.8. The summed E-state index contributed by atoms with van der Waals surface area (Å²) in [7, 11) is 0. The van der Waals surface area contributed by atoms with Gasteiger partial charge in [-0.15, -0.1) is 0 Å². The Balaban J connectivity index is 1.11. The SMILES string of the molecule is Cc1nc2cccc(NCc3ccc(CN4CCN(c5ccc(C#N)cn5)C[C@H]4C)cc3)c2c(=O)n1C1CCC(=O)NC1=O. The van der Waals surface area contributed by atoms with Crippen LogP contribution in [0.2, 0.25) is 0 Å². The molecule has 2 aliphatic rings. The molecule has 2 amide bonds. The van der Waals surface area contributed by atoms with Gasteiger partial charge in [-0.3, -0.25) is 29.2 Å². The Morgan fingerprint density at radius 1 is 1.05 bits per heavy atom. The summed E-state index contributed by atoms with van der Waals surface area (Å²) >= 11 is 0. The standard InChI is InChI=1S/C33H34N8O3/c1-21-19-40(29-12-10-25(16-34)18-36-29)15-14-39(21)20-24-8-6-23(7-9-24)17-35-26-4-3-5-27-31(26)33(44)41(22(2)37-27)28-11-13-30(42)38-32(28)43/h3-10,12,18,21,28,35H,11,13-15,17,19-20H2,1-2H3,(H,38,42,43)/t21-,28?/m1/s1. The molecular formula is C33H34N8O3. The zero-order chi connectivity index (χ0) is 30.8. The number of rotatable bonds is 7. The average Bonchev–Trinajstić information content (AvgIpc) is 3.02. The molecule has 2 aromatic heterocycles. The quantitative estimate of drug-likeness (QED) is 0.311. The first-order valence-electron chi connectivity index (χ1n) is 14.8. The third-order valence-electron chi connectivity index (χ3n) is 8.49. The molecule has 4 aromatic rings. The van der Waals surface area contributed by atoms with Crippen LogP contribution in [0, 0.1) is 18.3 Å². The van der Waals surface area contributed by atoms with Crippen molar-refractivity contribution >= 4 is 34.2 Å². The normalized spacial score (nSPS) is 19.1. The summed E-state index contributed by atoms with van der Waals surface area (Å²) < 4.78 is 1.41. The molecule has 44 heavy (non-hydrogen) atoms. The summed E-state index contributed by atoms with van der Waals surface area (Å²) in [6.07, 6.45) is 2.07. The highest BCUT2D eigenvalue weighted by Gasteiger charge is 2.31. The largest absolute Gasteiger partial charge is 0.380 e. The molecule has 2 aromatic carbocycles. The molecule has 2 saturated heterocycles. The van der Waals surface area contributed by atoms with Crippen molar-refractivity contribution in [3.05, 3.63) is 93.7 Å². The Bertz CT molecular complexity index is 1810. The molecule has 0 aliphatic carbocycles. The topological polar surface area (TPSA) is 136 Å². The summed E-state index contributed by atoms with van der Waals surface area (Å²) in [5.74, 6) is 0.539. The summed E-state index contributed by atoms with van der Waals surface area (Å²) in [6, 6.07) is 19.4. The smallest absolute Gasteiger partial charge is 0.264 e. The number of carbonyl (C=O) groups is 2. The monoisotopic (exact) mass is 590 g/mol. The summed E-state index contributed by atoms with van der Waals surface area (Å²) in [6.45, 7) is 7.94. The lowest BCUT2D eigenvalue weighted by atomic mass is 10.0. The first-order chi connectivity index (χ1) is 21.3. The predicted molar refractivity (Wildman–Crippen MR) is 167 cm³/mol. The number of aryl methyl sites for hydroxylation is 1. The molecular weight excluding hydrogens is 556 g/mol. The number of aromatic nitrogens is 3. The maximum absolute atomic E-state index is 13.7. The van der Waals surface area contributed by atoms with Crippen molar-refractivity contribution < 1.29 is 9.59 Å². The lowest BCUT2D eigenvalue weighted by Crippen LogP contribution is -2.51. The minimum atomic E-state index is -0.768. The van der Waals surface area contributed by atoms with Crippen molar-refractivity contribution in [2.45, 2.75) is 51.9 Å². The molecule has 4 heterocycles. The fourth-order valence-electron chi connectivity index (χ4n) is 6.07. The van der Waals surface area contributed by atoms with E-state index in [4.69, 9.17) is 5.26 Å². The Labute approximate surface area is 255 Å².